The molecule has 1 atom stereocenters. The van der Waals surface area contributed by atoms with E-state index in [4.69, 9.17) is 5.73 Å². The summed E-state index contributed by atoms with van der Waals surface area (Å²) >= 11 is 3.46. The van der Waals surface area contributed by atoms with Gasteiger partial charge in [-0.3, -0.25) is 4.79 Å². The zero-order chi connectivity index (χ0) is 16.9. The minimum atomic E-state index is 0. The zero-order valence-electron chi connectivity index (χ0n) is 14.4. The number of carbonyl (C=O) groups is 1. The Hall–Kier alpha value is -1.43. The maximum atomic E-state index is 12.2. The molecule has 1 heterocycles. The van der Waals surface area contributed by atoms with Crippen molar-refractivity contribution in [2.24, 2.45) is 0 Å². The summed E-state index contributed by atoms with van der Waals surface area (Å²) in [5.41, 5.74) is 8.92. The minimum Gasteiger partial charge on any atom is -0.399 e. The van der Waals surface area contributed by atoms with Gasteiger partial charge in [-0.15, -0.1) is 24.8 Å². The van der Waals surface area contributed by atoms with Crippen LogP contribution in [0.3, 0.4) is 0 Å². The summed E-state index contributed by atoms with van der Waals surface area (Å²) in [6, 6.07) is 16.2. The van der Waals surface area contributed by atoms with E-state index in [1.54, 1.807) is 0 Å². The standard InChI is InChI=1S/C19H22BrN3O.2ClH/c20-15-6-8-17(9-7-15)23-12-11-16(13-23)22-19(24)10-5-14-3-1-2-4-18(14)21;;/h1-4,6-9,16H,5,10-13,21H2,(H,22,24);2*1H. The third kappa shape index (κ3) is 6.08. The van der Waals surface area contributed by atoms with Gasteiger partial charge in [0.2, 0.25) is 5.91 Å². The van der Waals surface area contributed by atoms with Crippen LogP contribution >= 0.6 is 40.7 Å². The lowest BCUT2D eigenvalue weighted by Gasteiger charge is -2.19. The molecule has 0 spiro atoms. The fraction of sp³-hybridized carbons (Fsp3) is 0.316. The number of carbonyl (C=O) groups excluding carboxylic acids is 1. The number of aryl methyl sites for hydroxylation is 1. The molecule has 3 rings (SSSR count). The number of halogens is 3. The Morgan fingerprint density at radius 2 is 1.85 bits per heavy atom. The number of nitrogen functional groups attached to an aromatic ring is 1. The molecule has 26 heavy (non-hydrogen) atoms. The smallest absolute Gasteiger partial charge is 0.220 e. The largest absolute Gasteiger partial charge is 0.399 e. The number of nitrogens with one attached hydrogen (secondary N) is 1. The molecule has 1 unspecified atom stereocenters. The monoisotopic (exact) mass is 459 g/mol. The normalized spacial score (nSPS) is 15.7. The van der Waals surface area contributed by atoms with E-state index in [0.717, 1.165) is 35.2 Å². The number of rotatable bonds is 5. The molecule has 3 N–H and O–H groups in total. The van der Waals surface area contributed by atoms with Crippen molar-refractivity contribution in [3.63, 3.8) is 0 Å². The van der Waals surface area contributed by atoms with E-state index in [1.165, 1.54) is 5.69 Å². The number of para-hydroxylation sites is 1. The highest BCUT2D eigenvalue weighted by molar-refractivity contribution is 9.10. The molecule has 142 valence electrons. The molecule has 1 aliphatic rings. The van der Waals surface area contributed by atoms with Crippen LogP contribution in [0.25, 0.3) is 0 Å². The van der Waals surface area contributed by atoms with E-state index in [9.17, 15) is 4.79 Å². The van der Waals surface area contributed by atoms with E-state index in [-0.39, 0.29) is 36.8 Å². The second kappa shape index (κ2) is 10.7. The Morgan fingerprint density at radius 1 is 1.15 bits per heavy atom. The molecule has 1 aliphatic heterocycles. The molecule has 1 saturated heterocycles. The van der Waals surface area contributed by atoms with Crippen molar-refractivity contribution in [2.75, 3.05) is 23.7 Å². The van der Waals surface area contributed by atoms with Crippen LogP contribution in [0, 0.1) is 0 Å². The SMILES string of the molecule is Cl.Cl.Nc1ccccc1CCC(=O)NC1CCN(c2ccc(Br)cc2)C1. The third-order valence-corrected chi connectivity index (χ3v) is 4.95. The first-order chi connectivity index (χ1) is 11.6. The first-order valence-electron chi connectivity index (χ1n) is 8.25. The molecule has 1 amide bonds. The van der Waals surface area contributed by atoms with Crippen LogP contribution in [0.2, 0.25) is 0 Å². The Kier molecular flexibility index (Phi) is 9.27. The van der Waals surface area contributed by atoms with Crippen LogP contribution in [0.4, 0.5) is 11.4 Å². The Bertz CT molecular complexity index is 712. The molecular formula is C19H24BrCl2N3O. The predicted molar refractivity (Wildman–Crippen MR) is 117 cm³/mol. The molecule has 0 saturated carbocycles. The average molecular weight is 461 g/mol. The van der Waals surface area contributed by atoms with Crippen molar-refractivity contribution < 1.29 is 4.79 Å². The van der Waals surface area contributed by atoms with Gasteiger partial charge < -0.3 is 16.0 Å². The molecule has 7 heteroatoms. The first kappa shape index (κ1) is 22.6. The minimum absolute atomic E-state index is 0. The molecule has 2 aromatic carbocycles. The number of nitrogens with zero attached hydrogens (tertiary/aromatic N) is 1. The van der Waals surface area contributed by atoms with Gasteiger partial charge in [0.05, 0.1) is 0 Å². The number of anilines is 2. The van der Waals surface area contributed by atoms with Crippen molar-refractivity contribution in [1.29, 1.82) is 0 Å². The second-order valence-electron chi connectivity index (χ2n) is 6.17. The van der Waals surface area contributed by atoms with E-state index < -0.39 is 0 Å². The van der Waals surface area contributed by atoms with Gasteiger partial charge in [0, 0.05) is 41.4 Å². The topological polar surface area (TPSA) is 58.4 Å². The Morgan fingerprint density at radius 3 is 2.54 bits per heavy atom. The third-order valence-electron chi connectivity index (χ3n) is 4.42. The lowest BCUT2D eigenvalue weighted by atomic mass is 10.1. The summed E-state index contributed by atoms with van der Waals surface area (Å²) < 4.78 is 1.08. The van der Waals surface area contributed by atoms with Crippen molar-refractivity contribution >= 4 is 58.0 Å². The van der Waals surface area contributed by atoms with Crippen LogP contribution in [0.1, 0.15) is 18.4 Å². The molecule has 0 bridgehead atoms. The quantitative estimate of drug-likeness (QED) is 0.657. The van der Waals surface area contributed by atoms with E-state index in [1.807, 2.05) is 36.4 Å². The van der Waals surface area contributed by atoms with Crippen molar-refractivity contribution in [3.8, 4) is 0 Å². The van der Waals surface area contributed by atoms with Crippen LogP contribution in [0.15, 0.2) is 53.0 Å². The van der Waals surface area contributed by atoms with Crippen LogP contribution in [-0.4, -0.2) is 25.0 Å². The van der Waals surface area contributed by atoms with Gasteiger partial charge in [-0.25, -0.2) is 0 Å². The summed E-state index contributed by atoms with van der Waals surface area (Å²) in [5.74, 6) is 0.0981. The molecule has 4 nitrogen and oxygen atoms in total. The number of amides is 1. The molecule has 1 fully saturated rings. The lowest BCUT2D eigenvalue weighted by Crippen LogP contribution is -2.37. The molecule has 0 radical (unpaired) electrons. The highest BCUT2D eigenvalue weighted by Gasteiger charge is 2.23. The number of benzene rings is 2. The van der Waals surface area contributed by atoms with Crippen LogP contribution in [-0.2, 0) is 11.2 Å². The summed E-state index contributed by atoms with van der Waals surface area (Å²) in [6.07, 6.45) is 2.14. The Labute approximate surface area is 175 Å². The van der Waals surface area contributed by atoms with Gasteiger partial charge in [-0.1, -0.05) is 34.1 Å². The van der Waals surface area contributed by atoms with Gasteiger partial charge >= 0.3 is 0 Å². The second-order valence-corrected chi connectivity index (χ2v) is 7.09. The number of hydrogen-bond acceptors (Lipinski definition) is 3. The van der Waals surface area contributed by atoms with E-state index in [0.29, 0.717) is 12.8 Å². The van der Waals surface area contributed by atoms with Crippen LogP contribution in [0.5, 0.6) is 0 Å². The fourth-order valence-electron chi connectivity index (χ4n) is 3.07. The van der Waals surface area contributed by atoms with Gasteiger partial charge in [0.1, 0.15) is 0 Å². The summed E-state index contributed by atoms with van der Waals surface area (Å²) in [7, 11) is 0. The summed E-state index contributed by atoms with van der Waals surface area (Å²) in [6.45, 7) is 1.83. The first-order valence-corrected chi connectivity index (χ1v) is 9.04. The molecule has 0 aromatic heterocycles. The Balaban J connectivity index is 0.00000169. The van der Waals surface area contributed by atoms with Crippen LogP contribution < -0.4 is 16.0 Å². The summed E-state index contributed by atoms with van der Waals surface area (Å²) in [5, 5.41) is 3.15. The summed E-state index contributed by atoms with van der Waals surface area (Å²) in [4.78, 5) is 14.5. The van der Waals surface area contributed by atoms with Gasteiger partial charge in [0.25, 0.3) is 0 Å². The van der Waals surface area contributed by atoms with Gasteiger partial charge in [-0.2, -0.15) is 0 Å². The average Bonchev–Trinajstić information content (AvgIpc) is 3.03. The number of nitrogens with two attached hydrogens (primary N) is 1. The molecular weight excluding hydrogens is 437 g/mol. The highest BCUT2D eigenvalue weighted by Crippen LogP contribution is 2.22. The number of hydrogen-bond donors (Lipinski definition) is 2. The van der Waals surface area contributed by atoms with Crippen molar-refractivity contribution in [3.05, 3.63) is 58.6 Å². The van der Waals surface area contributed by atoms with E-state index in [2.05, 4.69) is 38.3 Å². The predicted octanol–water partition coefficient (Wildman–Crippen LogP) is 4.20. The van der Waals surface area contributed by atoms with E-state index >= 15 is 0 Å². The maximum absolute atomic E-state index is 12.2. The van der Waals surface area contributed by atoms with Crippen molar-refractivity contribution in [1.82, 2.24) is 5.32 Å². The highest BCUT2D eigenvalue weighted by atomic mass is 79.9. The fourth-order valence-corrected chi connectivity index (χ4v) is 3.34. The maximum Gasteiger partial charge on any atom is 0.220 e. The molecule has 2 aromatic rings. The lowest BCUT2D eigenvalue weighted by molar-refractivity contribution is -0.121. The van der Waals surface area contributed by atoms with Gasteiger partial charge in [-0.05, 0) is 48.7 Å². The molecule has 0 aliphatic carbocycles. The zero-order valence-corrected chi connectivity index (χ0v) is 17.6. The van der Waals surface area contributed by atoms with Crippen molar-refractivity contribution in [2.45, 2.75) is 25.3 Å². The van der Waals surface area contributed by atoms with Gasteiger partial charge in [0.15, 0.2) is 0 Å².